The number of benzene rings is 3. The Bertz CT molecular complexity index is 2030. The van der Waals surface area contributed by atoms with Gasteiger partial charge in [0.1, 0.15) is 11.6 Å². The lowest BCUT2D eigenvalue weighted by molar-refractivity contribution is 0.101. The number of amides is 1. The summed E-state index contributed by atoms with van der Waals surface area (Å²) >= 11 is 6.99. The van der Waals surface area contributed by atoms with Crippen molar-refractivity contribution in [3.63, 3.8) is 0 Å². The number of nitrogens with one attached hydrogen (secondary N) is 1. The van der Waals surface area contributed by atoms with Crippen LogP contribution < -0.4 is 5.32 Å². The lowest BCUT2D eigenvalue weighted by atomic mass is 9.96. The largest absolute Gasteiger partial charge is 0.435 e. The van der Waals surface area contributed by atoms with E-state index in [4.69, 9.17) is 21.0 Å². The predicted molar refractivity (Wildman–Crippen MR) is 180 cm³/mol. The van der Waals surface area contributed by atoms with E-state index in [0.717, 1.165) is 65.3 Å². The van der Waals surface area contributed by atoms with Crippen molar-refractivity contribution in [1.29, 1.82) is 5.26 Å². The zero-order chi connectivity index (χ0) is 32.1. The van der Waals surface area contributed by atoms with Gasteiger partial charge in [-0.25, -0.2) is 9.97 Å². The number of nitrogens with zero attached hydrogens (tertiary/aromatic N) is 6. The van der Waals surface area contributed by atoms with Gasteiger partial charge in [-0.05, 0) is 87.8 Å². The Morgan fingerprint density at radius 2 is 1.83 bits per heavy atom. The van der Waals surface area contributed by atoms with Crippen LogP contribution in [0, 0.1) is 18.3 Å². The zero-order valence-electron chi connectivity index (χ0n) is 26.5. The van der Waals surface area contributed by atoms with E-state index in [-0.39, 0.29) is 5.91 Å². The minimum Gasteiger partial charge on any atom is -0.435 e. The fraction of sp³-hybridized carbons (Fsp3) is 0.333. The highest BCUT2D eigenvalue weighted by molar-refractivity contribution is 6.36. The fourth-order valence-corrected chi connectivity index (χ4v) is 7.03. The molecule has 0 spiro atoms. The Balaban J connectivity index is 1.19. The summed E-state index contributed by atoms with van der Waals surface area (Å²) in [6.45, 7) is 7.84. The average molecular weight is 634 g/mol. The van der Waals surface area contributed by atoms with Crippen molar-refractivity contribution in [2.24, 2.45) is 7.05 Å². The molecule has 2 aliphatic rings. The quantitative estimate of drug-likeness (QED) is 0.216. The Kier molecular flexibility index (Phi) is 7.89. The molecular weight excluding hydrogens is 598 g/mol. The highest BCUT2D eigenvalue weighted by Gasteiger charge is 2.28. The molecule has 3 aromatic carbocycles. The summed E-state index contributed by atoms with van der Waals surface area (Å²) in [7, 11) is 3.97. The van der Waals surface area contributed by atoms with Crippen molar-refractivity contribution < 1.29 is 9.21 Å². The van der Waals surface area contributed by atoms with E-state index in [1.54, 1.807) is 6.07 Å². The van der Waals surface area contributed by atoms with Crippen LogP contribution in [-0.2, 0) is 26.6 Å². The third-order valence-electron chi connectivity index (χ3n) is 9.52. The number of imidazole rings is 1. The second-order valence-corrected chi connectivity index (χ2v) is 12.9. The molecule has 7 rings (SSSR count). The maximum Gasteiger partial charge on any atom is 0.291 e. The molecule has 5 aromatic rings. The Labute approximate surface area is 273 Å². The van der Waals surface area contributed by atoms with Crippen LogP contribution in [0.1, 0.15) is 58.5 Å². The molecule has 1 N–H and O–H groups in total. The van der Waals surface area contributed by atoms with E-state index in [1.807, 2.05) is 61.0 Å². The number of rotatable bonds is 6. The first-order chi connectivity index (χ1) is 22.2. The van der Waals surface area contributed by atoms with Crippen LogP contribution >= 0.6 is 11.6 Å². The maximum absolute atomic E-state index is 13.5. The van der Waals surface area contributed by atoms with Gasteiger partial charge in [-0.3, -0.25) is 14.6 Å². The first-order valence-corrected chi connectivity index (χ1v) is 16.1. The van der Waals surface area contributed by atoms with E-state index < -0.39 is 0 Å². The molecule has 0 aliphatic carbocycles. The SMILES string of the molecule is Cc1c(-c2nc3cc(CN4CCCC4)cc(C#N)c3o2)cccc1-c1cccc(NC(=O)c2nc3c(n2C)CC(C)N(C)C3)c1Cl. The summed E-state index contributed by atoms with van der Waals surface area (Å²) in [6.07, 6.45) is 3.26. The van der Waals surface area contributed by atoms with Gasteiger partial charge in [0.05, 0.1) is 22.0 Å². The zero-order valence-corrected chi connectivity index (χ0v) is 27.3. The molecule has 1 amide bonds. The smallest absolute Gasteiger partial charge is 0.291 e. The van der Waals surface area contributed by atoms with E-state index >= 15 is 0 Å². The van der Waals surface area contributed by atoms with Crippen LogP contribution in [0.25, 0.3) is 33.7 Å². The average Bonchev–Trinajstić information content (AvgIpc) is 3.78. The van der Waals surface area contributed by atoms with Gasteiger partial charge >= 0.3 is 0 Å². The molecule has 234 valence electrons. The number of halogens is 1. The topological polar surface area (TPSA) is 103 Å². The van der Waals surface area contributed by atoms with Crippen molar-refractivity contribution in [2.75, 3.05) is 25.5 Å². The van der Waals surface area contributed by atoms with Gasteiger partial charge in [0.15, 0.2) is 11.4 Å². The number of carbonyl (C=O) groups excluding carboxylic acids is 1. The van der Waals surface area contributed by atoms with Crippen LogP contribution in [0.15, 0.2) is 52.9 Å². The van der Waals surface area contributed by atoms with E-state index in [2.05, 4.69) is 40.1 Å². The minimum absolute atomic E-state index is 0.305. The molecule has 1 fully saturated rings. The third kappa shape index (κ3) is 5.36. The second kappa shape index (κ2) is 12.0. The summed E-state index contributed by atoms with van der Waals surface area (Å²) in [6, 6.07) is 18.1. The van der Waals surface area contributed by atoms with Crippen molar-refractivity contribution in [2.45, 2.75) is 52.2 Å². The van der Waals surface area contributed by atoms with Crippen molar-refractivity contribution in [3.8, 4) is 28.7 Å². The van der Waals surface area contributed by atoms with Gasteiger partial charge in [-0.2, -0.15) is 5.26 Å². The van der Waals surface area contributed by atoms with Gasteiger partial charge in [0.2, 0.25) is 5.89 Å². The summed E-state index contributed by atoms with van der Waals surface area (Å²) in [5.41, 5.74) is 8.64. The number of oxazole rings is 1. The minimum atomic E-state index is -0.305. The van der Waals surface area contributed by atoms with Crippen molar-refractivity contribution in [1.82, 2.24) is 24.3 Å². The maximum atomic E-state index is 13.5. The number of likely N-dealkylation sites (N-methyl/N-ethyl adjacent to an activating group) is 1. The van der Waals surface area contributed by atoms with E-state index in [1.165, 1.54) is 12.8 Å². The molecule has 4 heterocycles. The lowest BCUT2D eigenvalue weighted by Crippen LogP contribution is -2.35. The van der Waals surface area contributed by atoms with Gasteiger partial charge in [-0.1, -0.05) is 35.9 Å². The summed E-state index contributed by atoms with van der Waals surface area (Å²) in [5, 5.41) is 13.3. The van der Waals surface area contributed by atoms with Crippen LogP contribution in [-0.4, -0.2) is 56.4 Å². The molecule has 0 bridgehead atoms. The highest BCUT2D eigenvalue weighted by Crippen LogP contribution is 2.39. The molecule has 1 atom stereocenters. The number of likely N-dealkylation sites (tertiary alicyclic amines) is 1. The monoisotopic (exact) mass is 633 g/mol. The number of anilines is 1. The van der Waals surface area contributed by atoms with Crippen LogP contribution in [0.5, 0.6) is 0 Å². The number of carbonyl (C=O) groups is 1. The third-order valence-corrected chi connectivity index (χ3v) is 9.92. The number of hydrogen-bond donors (Lipinski definition) is 1. The first kappa shape index (κ1) is 30.2. The molecule has 0 radical (unpaired) electrons. The van der Waals surface area contributed by atoms with Crippen molar-refractivity contribution >= 4 is 34.3 Å². The molecule has 2 aromatic heterocycles. The van der Waals surface area contributed by atoms with Crippen LogP contribution in [0.2, 0.25) is 5.02 Å². The molecular formula is C36H36ClN7O2. The molecule has 1 unspecified atom stereocenters. The Hall–Kier alpha value is -4.49. The van der Waals surface area contributed by atoms with Crippen molar-refractivity contribution in [3.05, 3.63) is 87.5 Å². The molecule has 46 heavy (non-hydrogen) atoms. The Morgan fingerprint density at radius 3 is 2.61 bits per heavy atom. The van der Waals surface area contributed by atoms with E-state index in [0.29, 0.717) is 51.7 Å². The van der Waals surface area contributed by atoms with Crippen LogP contribution in [0.4, 0.5) is 5.69 Å². The van der Waals surface area contributed by atoms with Gasteiger partial charge in [0, 0.05) is 49.4 Å². The number of hydrogen-bond acceptors (Lipinski definition) is 7. The fourth-order valence-electron chi connectivity index (χ4n) is 6.75. The molecule has 0 saturated carbocycles. The van der Waals surface area contributed by atoms with Gasteiger partial charge in [-0.15, -0.1) is 0 Å². The summed E-state index contributed by atoms with van der Waals surface area (Å²) in [4.78, 5) is 27.6. The molecule has 2 aliphatic heterocycles. The van der Waals surface area contributed by atoms with E-state index in [9.17, 15) is 10.1 Å². The standard InChI is InChI=1S/C36H36ClN7O2/c1-21-15-31-30(20-42(21)3)39-34(43(31)4)35(45)40-28-12-8-11-27(32(28)37)25-9-7-10-26(22(25)2)36-41-29-17-23(19-44-13-5-6-14-44)16-24(18-38)33(29)46-36/h7-12,16-17,21H,5-6,13-15,19-20H2,1-4H3,(H,40,45). The molecule has 1 saturated heterocycles. The highest BCUT2D eigenvalue weighted by atomic mass is 35.5. The normalized spacial score (nSPS) is 16.9. The van der Waals surface area contributed by atoms with Crippen LogP contribution in [0.3, 0.4) is 0 Å². The lowest BCUT2D eigenvalue weighted by Gasteiger charge is -2.29. The summed E-state index contributed by atoms with van der Waals surface area (Å²) < 4.78 is 8.13. The number of fused-ring (bicyclic) bond motifs is 2. The summed E-state index contributed by atoms with van der Waals surface area (Å²) in [5.74, 6) is 0.507. The Morgan fingerprint density at radius 1 is 1.09 bits per heavy atom. The van der Waals surface area contributed by atoms with Gasteiger partial charge < -0.3 is 14.3 Å². The molecule has 9 nitrogen and oxygen atoms in total. The second-order valence-electron chi connectivity index (χ2n) is 12.6. The first-order valence-electron chi connectivity index (χ1n) is 15.7. The number of aromatic nitrogens is 3. The van der Waals surface area contributed by atoms with Gasteiger partial charge in [0.25, 0.3) is 5.91 Å². The molecule has 10 heteroatoms. The predicted octanol–water partition coefficient (Wildman–Crippen LogP) is 6.95. The number of nitriles is 1.